The van der Waals surface area contributed by atoms with Gasteiger partial charge in [-0.25, -0.2) is 17.7 Å². The Hall–Kier alpha value is -1.42. The number of hydrogen-bond donors (Lipinski definition) is 0. The number of nitrogens with zero attached hydrogens (tertiary/aromatic N) is 4. The molecule has 3 rings (SSSR count). The summed E-state index contributed by atoms with van der Waals surface area (Å²) in [6, 6.07) is 0. The monoisotopic (exact) mass is 350 g/mol. The van der Waals surface area contributed by atoms with Crippen molar-refractivity contribution >= 4 is 15.8 Å². The summed E-state index contributed by atoms with van der Waals surface area (Å²) < 4.78 is 62.0. The van der Waals surface area contributed by atoms with Gasteiger partial charge >= 0.3 is 6.18 Å². The second-order valence-corrected chi connectivity index (χ2v) is 8.08. The van der Waals surface area contributed by atoms with Crippen LogP contribution in [-0.2, 0) is 10.0 Å². The number of aromatic nitrogens is 2. The largest absolute Gasteiger partial charge is 0.390 e. The number of hydrogen-bond acceptors (Lipinski definition) is 5. The second kappa shape index (κ2) is 5.90. The second-order valence-electron chi connectivity index (χ2n) is 5.99. The van der Waals surface area contributed by atoms with Crippen molar-refractivity contribution < 1.29 is 21.6 Å². The molecule has 0 aromatic carbocycles. The maximum atomic E-state index is 12.2. The van der Waals surface area contributed by atoms with E-state index < -0.39 is 28.4 Å². The van der Waals surface area contributed by atoms with E-state index in [0.29, 0.717) is 13.1 Å². The summed E-state index contributed by atoms with van der Waals surface area (Å²) in [4.78, 5) is 10.3. The molecule has 1 aromatic rings. The quantitative estimate of drug-likeness (QED) is 0.814. The van der Waals surface area contributed by atoms with Crippen LogP contribution in [0.2, 0.25) is 0 Å². The predicted molar refractivity (Wildman–Crippen MR) is 77.3 cm³/mol. The molecule has 0 N–H and O–H groups in total. The fourth-order valence-corrected chi connectivity index (χ4v) is 4.78. The molecular formula is C13H17F3N4O2S. The summed E-state index contributed by atoms with van der Waals surface area (Å²) in [6.45, 7) is 1.85. The van der Waals surface area contributed by atoms with Crippen LogP contribution in [0.1, 0.15) is 6.42 Å². The topological polar surface area (TPSA) is 66.4 Å². The van der Waals surface area contributed by atoms with E-state index in [2.05, 4.69) is 9.97 Å². The lowest BCUT2D eigenvalue weighted by molar-refractivity contribution is -0.130. The van der Waals surface area contributed by atoms with E-state index in [4.69, 9.17) is 0 Å². The van der Waals surface area contributed by atoms with Crippen molar-refractivity contribution in [3.8, 4) is 0 Å². The number of fused-ring (bicyclic) bond motifs is 1. The minimum absolute atomic E-state index is 0.123. The van der Waals surface area contributed by atoms with Crippen molar-refractivity contribution in [2.75, 3.05) is 36.8 Å². The molecular weight excluding hydrogens is 333 g/mol. The van der Waals surface area contributed by atoms with Gasteiger partial charge in [0.25, 0.3) is 0 Å². The van der Waals surface area contributed by atoms with Crippen LogP contribution in [0, 0.1) is 11.8 Å². The summed E-state index contributed by atoms with van der Waals surface area (Å²) in [5.41, 5.74) is 0. The first-order chi connectivity index (χ1) is 10.7. The molecule has 3 heterocycles. The molecule has 2 fully saturated rings. The molecule has 23 heavy (non-hydrogen) atoms. The van der Waals surface area contributed by atoms with Gasteiger partial charge in [-0.05, 0) is 11.8 Å². The highest BCUT2D eigenvalue weighted by Gasteiger charge is 2.44. The molecule has 6 nitrogen and oxygen atoms in total. The third kappa shape index (κ3) is 3.74. The number of halogens is 3. The van der Waals surface area contributed by atoms with Crippen molar-refractivity contribution in [2.24, 2.45) is 11.8 Å². The van der Waals surface area contributed by atoms with E-state index in [1.165, 1.54) is 4.31 Å². The van der Waals surface area contributed by atoms with Crippen LogP contribution < -0.4 is 4.90 Å². The molecule has 2 unspecified atom stereocenters. The minimum atomic E-state index is -4.45. The van der Waals surface area contributed by atoms with Gasteiger partial charge in [0, 0.05) is 38.6 Å². The zero-order valence-corrected chi connectivity index (χ0v) is 13.1. The van der Waals surface area contributed by atoms with Crippen LogP contribution in [0.3, 0.4) is 0 Å². The molecule has 0 radical (unpaired) electrons. The highest BCUT2D eigenvalue weighted by atomic mass is 32.2. The van der Waals surface area contributed by atoms with Crippen molar-refractivity contribution in [3.63, 3.8) is 0 Å². The van der Waals surface area contributed by atoms with Gasteiger partial charge in [-0.2, -0.15) is 13.2 Å². The van der Waals surface area contributed by atoms with E-state index in [1.54, 1.807) is 18.6 Å². The molecule has 2 atom stereocenters. The van der Waals surface area contributed by atoms with Gasteiger partial charge < -0.3 is 4.90 Å². The van der Waals surface area contributed by atoms with Crippen LogP contribution in [0.4, 0.5) is 19.0 Å². The Balaban J connectivity index is 1.59. The summed E-state index contributed by atoms with van der Waals surface area (Å²) in [5.74, 6) is 0.118. The van der Waals surface area contributed by atoms with Crippen LogP contribution in [-0.4, -0.2) is 60.8 Å². The van der Waals surface area contributed by atoms with Gasteiger partial charge in [-0.1, -0.05) is 0 Å². The van der Waals surface area contributed by atoms with Gasteiger partial charge in [0.05, 0.1) is 18.4 Å². The van der Waals surface area contributed by atoms with Crippen LogP contribution in [0.5, 0.6) is 0 Å². The molecule has 2 saturated heterocycles. The normalized spacial score (nSPS) is 25.8. The van der Waals surface area contributed by atoms with E-state index >= 15 is 0 Å². The van der Waals surface area contributed by atoms with Gasteiger partial charge in [0.15, 0.2) is 0 Å². The van der Waals surface area contributed by atoms with Gasteiger partial charge in [-0.3, -0.25) is 4.98 Å². The van der Waals surface area contributed by atoms with E-state index in [0.717, 1.165) is 5.82 Å². The Kier molecular flexibility index (Phi) is 4.21. The number of alkyl halides is 3. The highest BCUT2D eigenvalue weighted by molar-refractivity contribution is 7.89. The first-order valence-corrected chi connectivity index (χ1v) is 8.91. The smallest absolute Gasteiger partial charge is 0.355 e. The van der Waals surface area contributed by atoms with Crippen molar-refractivity contribution in [2.45, 2.75) is 12.6 Å². The molecule has 10 heteroatoms. The molecule has 0 amide bonds. The molecule has 0 bridgehead atoms. The van der Waals surface area contributed by atoms with Crippen LogP contribution >= 0.6 is 0 Å². The Morgan fingerprint density at radius 2 is 1.78 bits per heavy atom. The van der Waals surface area contributed by atoms with E-state index in [1.807, 2.05) is 4.90 Å². The average molecular weight is 350 g/mol. The standard InChI is InChI=1S/C13H17F3N4O2S/c14-13(15,16)1-4-23(21,22)20-8-10-6-19(7-11(10)9-20)12-5-17-2-3-18-12/h2-3,5,10-11H,1,4,6-9H2. The lowest BCUT2D eigenvalue weighted by Crippen LogP contribution is -2.35. The Morgan fingerprint density at radius 3 is 2.30 bits per heavy atom. The number of rotatable bonds is 4. The Labute approximate surface area is 132 Å². The molecule has 2 aliphatic rings. The SMILES string of the molecule is O=S(=O)(CCC(F)(F)F)N1CC2CN(c3cnccn3)CC2C1. The number of anilines is 1. The van der Waals surface area contributed by atoms with Gasteiger partial charge in [-0.15, -0.1) is 0 Å². The highest BCUT2D eigenvalue weighted by Crippen LogP contribution is 2.34. The number of sulfonamides is 1. The molecule has 0 saturated carbocycles. The van der Waals surface area contributed by atoms with Crippen molar-refractivity contribution in [3.05, 3.63) is 18.6 Å². The third-order valence-electron chi connectivity index (χ3n) is 4.36. The summed E-state index contributed by atoms with van der Waals surface area (Å²) in [6.07, 6.45) is -0.927. The Bertz CT molecular complexity index is 639. The molecule has 1 aromatic heterocycles. The fourth-order valence-electron chi connectivity index (χ4n) is 3.19. The maximum Gasteiger partial charge on any atom is 0.390 e. The molecule has 128 valence electrons. The summed E-state index contributed by atoms with van der Waals surface area (Å²) >= 11 is 0. The molecule has 0 aliphatic carbocycles. The fraction of sp³-hybridized carbons (Fsp3) is 0.692. The first kappa shape index (κ1) is 16.4. The van der Waals surface area contributed by atoms with E-state index in [-0.39, 0.29) is 24.9 Å². The lowest BCUT2D eigenvalue weighted by atomic mass is 10.0. The predicted octanol–water partition coefficient (Wildman–Crippen LogP) is 1.13. The molecule has 2 aliphatic heterocycles. The summed E-state index contributed by atoms with van der Waals surface area (Å²) in [5, 5.41) is 0. The first-order valence-electron chi connectivity index (χ1n) is 7.30. The van der Waals surface area contributed by atoms with Crippen LogP contribution in [0.15, 0.2) is 18.6 Å². The average Bonchev–Trinajstić information content (AvgIpc) is 3.04. The maximum absolute atomic E-state index is 12.2. The Morgan fingerprint density at radius 1 is 1.13 bits per heavy atom. The molecule has 0 spiro atoms. The zero-order chi connectivity index (χ0) is 16.7. The van der Waals surface area contributed by atoms with Crippen molar-refractivity contribution in [1.29, 1.82) is 0 Å². The lowest BCUT2D eigenvalue weighted by Gasteiger charge is -2.22. The minimum Gasteiger partial charge on any atom is -0.355 e. The van der Waals surface area contributed by atoms with Gasteiger partial charge in [0.2, 0.25) is 10.0 Å². The zero-order valence-electron chi connectivity index (χ0n) is 12.3. The van der Waals surface area contributed by atoms with Crippen LogP contribution in [0.25, 0.3) is 0 Å². The van der Waals surface area contributed by atoms with Gasteiger partial charge in [0.1, 0.15) is 5.82 Å². The van der Waals surface area contributed by atoms with Crippen molar-refractivity contribution in [1.82, 2.24) is 14.3 Å². The third-order valence-corrected chi connectivity index (χ3v) is 6.17. The van der Waals surface area contributed by atoms with E-state index in [9.17, 15) is 21.6 Å². The summed E-state index contributed by atoms with van der Waals surface area (Å²) in [7, 11) is -3.85.